The van der Waals surface area contributed by atoms with E-state index in [9.17, 15) is 18.0 Å². The highest BCUT2D eigenvalue weighted by atomic mass is 19.4. The molecular weight excluding hydrogens is 390 g/mol. The molecule has 2 aliphatic heterocycles. The van der Waals surface area contributed by atoms with Gasteiger partial charge in [0.2, 0.25) is 5.91 Å². The van der Waals surface area contributed by atoms with Crippen molar-refractivity contribution >= 4 is 24.3 Å². The fourth-order valence-electron chi connectivity index (χ4n) is 3.08. The van der Waals surface area contributed by atoms with Gasteiger partial charge in [0.1, 0.15) is 5.82 Å². The number of carbonyl (C=O) groups is 1. The van der Waals surface area contributed by atoms with E-state index in [4.69, 9.17) is 14.0 Å². The molecule has 0 radical (unpaired) electrons. The molecule has 3 rings (SSSR count). The molecule has 7 nitrogen and oxygen atoms in total. The average Bonchev–Trinajstić information content (AvgIpc) is 2.82. The number of pyridine rings is 1. The molecule has 0 saturated carbocycles. The lowest BCUT2D eigenvalue weighted by atomic mass is 9.77. The molecule has 0 spiro atoms. The third-order valence-corrected chi connectivity index (χ3v) is 5.49. The molecule has 1 aromatic heterocycles. The van der Waals surface area contributed by atoms with Gasteiger partial charge in [-0.3, -0.25) is 9.69 Å². The van der Waals surface area contributed by atoms with Gasteiger partial charge < -0.3 is 19.4 Å². The number of hydrogen-bond donors (Lipinski definition) is 1. The summed E-state index contributed by atoms with van der Waals surface area (Å²) in [5, 5.41) is 2.44. The van der Waals surface area contributed by atoms with Crippen molar-refractivity contribution < 1.29 is 32.0 Å². The number of carbonyl (C=O) groups excluding carboxylic acids is 1. The van der Waals surface area contributed by atoms with Crippen molar-refractivity contribution in [3.8, 4) is 0 Å². The second kappa shape index (κ2) is 7.86. The van der Waals surface area contributed by atoms with Crippen LogP contribution < -0.4 is 10.8 Å². The van der Waals surface area contributed by atoms with Crippen LogP contribution in [0.3, 0.4) is 0 Å². The SMILES string of the molecule is CC1(C)OB(c2cnc(NC(=O)CN3CCOCC3)cc2C(F)(F)F)OC1(C)C. The normalized spacial score (nSPS) is 22.0. The van der Waals surface area contributed by atoms with Crippen molar-refractivity contribution in [1.82, 2.24) is 9.88 Å². The minimum Gasteiger partial charge on any atom is -0.399 e. The zero-order chi connectivity index (χ0) is 21.4. The Bertz CT molecular complexity index is 751. The van der Waals surface area contributed by atoms with Gasteiger partial charge in [0.15, 0.2) is 0 Å². The fraction of sp³-hybridized carbons (Fsp3) is 0.667. The largest absolute Gasteiger partial charge is 0.497 e. The van der Waals surface area contributed by atoms with Gasteiger partial charge >= 0.3 is 13.3 Å². The van der Waals surface area contributed by atoms with Crippen LogP contribution in [0.1, 0.15) is 33.3 Å². The predicted molar refractivity (Wildman–Crippen MR) is 101 cm³/mol. The van der Waals surface area contributed by atoms with Crippen LogP contribution in [0.25, 0.3) is 0 Å². The number of nitrogens with zero attached hydrogens (tertiary/aromatic N) is 2. The molecule has 0 aliphatic carbocycles. The van der Waals surface area contributed by atoms with E-state index in [2.05, 4.69) is 10.3 Å². The summed E-state index contributed by atoms with van der Waals surface area (Å²) in [7, 11) is -1.21. The standard InChI is InChI=1S/C18H25BF3N3O4/c1-16(2)17(3,4)29-19(28-16)13-10-23-14(9-12(13)18(20,21)22)24-15(26)11-25-5-7-27-8-6-25/h9-10H,5-8,11H2,1-4H3,(H,23,24,26). The van der Waals surface area contributed by atoms with Gasteiger partial charge in [-0.1, -0.05) is 0 Å². The maximum absolute atomic E-state index is 13.7. The molecular formula is C18H25BF3N3O4. The van der Waals surface area contributed by atoms with E-state index in [1.807, 2.05) is 4.90 Å². The van der Waals surface area contributed by atoms with E-state index < -0.39 is 36.0 Å². The summed E-state index contributed by atoms with van der Waals surface area (Å²) in [6.45, 7) is 9.32. The van der Waals surface area contributed by atoms with Crippen LogP contribution in [-0.2, 0) is 25.0 Å². The van der Waals surface area contributed by atoms with Gasteiger partial charge in [-0.25, -0.2) is 4.98 Å². The Kier molecular flexibility index (Phi) is 5.97. The van der Waals surface area contributed by atoms with Crippen LogP contribution in [-0.4, -0.2) is 67.0 Å². The molecule has 2 aliphatic rings. The summed E-state index contributed by atoms with van der Waals surface area (Å²) in [5.74, 6) is -0.605. The molecule has 2 fully saturated rings. The van der Waals surface area contributed by atoms with Gasteiger partial charge in [0.05, 0.1) is 36.5 Å². The Morgan fingerprint density at radius 2 is 1.79 bits per heavy atom. The van der Waals surface area contributed by atoms with Gasteiger partial charge in [-0.05, 0) is 33.8 Å². The molecule has 11 heteroatoms. The highest BCUT2D eigenvalue weighted by Gasteiger charge is 2.53. The maximum Gasteiger partial charge on any atom is 0.497 e. The van der Waals surface area contributed by atoms with E-state index in [0.717, 1.165) is 12.3 Å². The summed E-state index contributed by atoms with van der Waals surface area (Å²) in [4.78, 5) is 18.0. The van der Waals surface area contributed by atoms with Crippen molar-refractivity contribution in [3.05, 3.63) is 17.8 Å². The molecule has 1 aromatic rings. The van der Waals surface area contributed by atoms with Crippen molar-refractivity contribution in [2.24, 2.45) is 0 Å². The van der Waals surface area contributed by atoms with Crippen LogP contribution >= 0.6 is 0 Å². The summed E-state index contributed by atoms with van der Waals surface area (Å²) in [6.07, 6.45) is -3.61. The number of morpholine rings is 1. The average molecular weight is 415 g/mol. The molecule has 3 heterocycles. The zero-order valence-electron chi connectivity index (χ0n) is 16.9. The van der Waals surface area contributed by atoms with Crippen LogP contribution in [0.15, 0.2) is 12.3 Å². The highest BCUT2D eigenvalue weighted by molar-refractivity contribution is 6.62. The Morgan fingerprint density at radius 1 is 1.21 bits per heavy atom. The molecule has 0 unspecified atom stereocenters. The zero-order valence-corrected chi connectivity index (χ0v) is 16.9. The molecule has 160 valence electrons. The lowest BCUT2D eigenvalue weighted by Gasteiger charge is -2.32. The quantitative estimate of drug-likeness (QED) is 0.755. The Balaban J connectivity index is 1.79. The van der Waals surface area contributed by atoms with Crippen LogP contribution in [0.5, 0.6) is 0 Å². The topological polar surface area (TPSA) is 72.9 Å². The Labute approximate surface area is 168 Å². The second-order valence-corrected chi connectivity index (χ2v) is 8.18. The second-order valence-electron chi connectivity index (χ2n) is 8.18. The lowest BCUT2D eigenvalue weighted by Crippen LogP contribution is -2.41. The van der Waals surface area contributed by atoms with E-state index in [1.165, 1.54) is 0 Å². The van der Waals surface area contributed by atoms with Crippen LogP contribution in [0, 0.1) is 0 Å². The molecule has 0 atom stereocenters. The van der Waals surface area contributed by atoms with E-state index in [0.29, 0.717) is 26.3 Å². The van der Waals surface area contributed by atoms with Crippen molar-refractivity contribution in [2.45, 2.75) is 45.1 Å². The van der Waals surface area contributed by atoms with Gasteiger partial charge in [-0.15, -0.1) is 0 Å². The Morgan fingerprint density at radius 3 is 2.34 bits per heavy atom. The molecule has 1 N–H and O–H groups in total. The highest BCUT2D eigenvalue weighted by Crippen LogP contribution is 2.38. The van der Waals surface area contributed by atoms with Gasteiger partial charge in [0.25, 0.3) is 0 Å². The maximum atomic E-state index is 13.7. The van der Waals surface area contributed by atoms with Crippen LogP contribution in [0.4, 0.5) is 19.0 Å². The third-order valence-electron chi connectivity index (χ3n) is 5.49. The predicted octanol–water partition coefficient (Wildman–Crippen LogP) is 1.67. The molecule has 0 bridgehead atoms. The number of aromatic nitrogens is 1. The number of anilines is 1. The van der Waals surface area contributed by atoms with Crippen LogP contribution in [0.2, 0.25) is 0 Å². The summed E-state index contributed by atoms with van der Waals surface area (Å²) < 4.78 is 57.8. The number of rotatable bonds is 4. The van der Waals surface area contributed by atoms with E-state index in [1.54, 1.807) is 27.7 Å². The summed E-state index contributed by atoms with van der Waals surface area (Å²) in [5.41, 5.74) is -2.74. The van der Waals surface area contributed by atoms with E-state index >= 15 is 0 Å². The lowest BCUT2D eigenvalue weighted by molar-refractivity contribution is -0.137. The van der Waals surface area contributed by atoms with Gasteiger partial charge in [0, 0.05) is 24.7 Å². The number of hydrogen-bond acceptors (Lipinski definition) is 6. The molecule has 0 aromatic carbocycles. The summed E-state index contributed by atoms with van der Waals surface area (Å²) >= 11 is 0. The molecule has 1 amide bonds. The fourth-order valence-corrected chi connectivity index (χ4v) is 3.08. The number of alkyl halides is 3. The smallest absolute Gasteiger partial charge is 0.399 e. The minimum absolute atomic E-state index is 0.0609. The third kappa shape index (κ3) is 4.91. The molecule has 29 heavy (non-hydrogen) atoms. The monoisotopic (exact) mass is 415 g/mol. The van der Waals surface area contributed by atoms with Crippen molar-refractivity contribution in [3.63, 3.8) is 0 Å². The minimum atomic E-state index is -4.66. The number of ether oxygens (including phenoxy) is 1. The Hall–Kier alpha value is -1.69. The van der Waals surface area contributed by atoms with Crippen molar-refractivity contribution in [1.29, 1.82) is 0 Å². The number of amides is 1. The number of halogens is 3. The first-order chi connectivity index (χ1) is 13.4. The molecule has 2 saturated heterocycles. The summed E-state index contributed by atoms with van der Waals surface area (Å²) in [6, 6.07) is 0.817. The van der Waals surface area contributed by atoms with Gasteiger partial charge in [-0.2, -0.15) is 13.2 Å². The number of nitrogens with one attached hydrogen (secondary N) is 1. The van der Waals surface area contributed by atoms with E-state index in [-0.39, 0.29) is 17.8 Å². The first-order valence-electron chi connectivity index (χ1n) is 9.42. The first kappa shape index (κ1) is 22.0. The first-order valence-corrected chi connectivity index (χ1v) is 9.42. The van der Waals surface area contributed by atoms with Crippen molar-refractivity contribution in [2.75, 3.05) is 38.2 Å².